The Morgan fingerprint density at radius 3 is 1.23 bits per heavy atom. The summed E-state index contributed by atoms with van der Waals surface area (Å²) in [6.45, 7) is 16.8. The number of aliphatic hydroxyl groups excluding tert-OH is 2. The number of pyridine rings is 6. The standard InChI is InChI=1S/C24H18N.C20H16N.C15H10N.C12H10N.2C11H8N.2C5H8O2.4Ir/c1-24(2)21-10-6-5-9-19(21)20-12-11-17(13-22(20)24)23-14-16-7-3-4-8-18(16)15-25-23;1-20(2)17-8-4-3-7-15(17)16-11-10-14(13-18(16)20)19-9-5-6-12-21-19;1-2-7-13(8-3-1)15-14-9-5-4-6-12(14)10-11-16-15;1-2-5-11-9-8-10-6-3-4-7-12(10)13-11;2*1-2-6-10(7-3-1)11-8-4-5-9-12-11;2*1-4(6)3-5(2)7;;;;/h3-10,12-15H,1-2H3;3-9,11-13H,1-2H3;1-7,9-11H;3-9H,1H3;2*1-6,8-9H;2*3,6H,1-2H3;;;;/q6*-1;;;;;;. The summed E-state index contributed by atoms with van der Waals surface area (Å²) in [6, 6.07) is 117. The number of allylic oxidation sites excluding steroid dienone is 5. The summed E-state index contributed by atoms with van der Waals surface area (Å²) >= 11 is 0. The summed E-state index contributed by atoms with van der Waals surface area (Å²) in [7, 11) is 0. The van der Waals surface area contributed by atoms with Crippen LogP contribution in [0.15, 0.2) is 352 Å². The van der Waals surface area contributed by atoms with Crippen LogP contribution in [0.4, 0.5) is 0 Å². The molecule has 0 aliphatic heterocycles. The molecule has 0 unspecified atom stereocenters. The molecule has 0 saturated heterocycles. The molecule has 2 aliphatic rings. The molecule has 2 N–H and O–H groups in total. The number of benzene rings is 10. The average molecular weight is 2240 g/mol. The quantitative estimate of drug-likeness (QED) is 0.0854. The van der Waals surface area contributed by atoms with Gasteiger partial charge in [0.05, 0.1) is 11.5 Å². The molecule has 0 fully saturated rings. The number of carbonyl (C=O) groups excluding carboxylic acids is 2. The van der Waals surface area contributed by atoms with Crippen molar-refractivity contribution in [3.63, 3.8) is 0 Å². The number of hydrogen-bond donors (Lipinski definition) is 2. The molecule has 0 atom stereocenters. The number of rotatable bonds is 8. The predicted molar refractivity (Wildman–Crippen MR) is 462 cm³/mol. The minimum atomic E-state index is -0.125. The SMILES string of the molecule is CC(=O)C=C(C)O.CC(=O)C=C(C)O.CC1(C)c2ccccc2-c2c[c-]c(-c3cc4ccccc4cn3)cc21.CC1(C)c2ccccc2-c2c[c-]c(-c3ccccn3)cc21.C[C-]=Cc1ccc2ccccc2n1.[Ir].[Ir].[Ir].[Ir].[c-]1ccccc1-c1ccccn1.[c-]1ccccc1-c1ccccn1.[c-]1ccccc1-c1nccc2ccccc12. The van der Waals surface area contributed by atoms with Gasteiger partial charge in [-0.15, -0.1) is 179 Å². The normalized spacial score (nSPS) is 11.7. The van der Waals surface area contributed by atoms with Crippen molar-refractivity contribution in [2.75, 3.05) is 0 Å². The molecule has 0 bridgehead atoms. The molecule has 6 aromatic heterocycles. The zero-order valence-electron chi connectivity index (χ0n) is 66.1. The van der Waals surface area contributed by atoms with Gasteiger partial charge in [0, 0.05) is 129 Å². The van der Waals surface area contributed by atoms with Crippen molar-refractivity contribution in [2.45, 2.75) is 73.1 Å². The van der Waals surface area contributed by atoms with Gasteiger partial charge in [0.2, 0.25) is 0 Å². The molecule has 10 aromatic carbocycles. The monoisotopic (exact) mass is 2240 g/mol. The van der Waals surface area contributed by atoms with Gasteiger partial charge in [0.15, 0.2) is 11.6 Å². The number of hydrogen-bond acceptors (Lipinski definition) is 10. The maximum absolute atomic E-state index is 10.0. The summed E-state index contributed by atoms with van der Waals surface area (Å²) in [5.74, 6) is -0.125. The van der Waals surface area contributed by atoms with Crippen molar-refractivity contribution < 1.29 is 100 Å². The number of ketones is 2. The summed E-state index contributed by atoms with van der Waals surface area (Å²) in [6.07, 6.45) is 16.4. The van der Waals surface area contributed by atoms with Crippen LogP contribution in [0.3, 0.4) is 0 Å². The first-order valence-electron chi connectivity index (χ1n) is 37.1. The van der Waals surface area contributed by atoms with Gasteiger partial charge in [-0.05, 0) is 135 Å². The first kappa shape index (κ1) is 92.8. The third-order valence-corrected chi connectivity index (χ3v) is 18.6. The molecule has 594 valence electrons. The predicted octanol–water partition coefficient (Wildman–Crippen LogP) is 24.8. The molecule has 10 nitrogen and oxygen atoms in total. The second-order valence-corrected chi connectivity index (χ2v) is 27.6. The Labute approximate surface area is 741 Å². The van der Waals surface area contributed by atoms with Crippen molar-refractivity contribution >= 4 is 50.1 Å². The van der Waals surface area contributed by atoms with Crippen molar-refractivity contribution in [1.82, 2.24) is 29.9 Å². The number of aliphatic hydroxyl groups is 2. The zero-order valence-corrected chi connectivity index (χ0v) is 75.7. The summed E-state index contributed by atoms with van der Waals surface area (Å²) < 4.78 is 0. The summed E-state index contributed by atoms with van der Waals surface area (Å²) in [4.78, 5) is 46.5. The van der Waals surface area contributed by atoms with Gasteiger partial charge in [-0.3, -0.25) is 15.7 Å². The Balaban J connectivity index is 0.000000190. The van der Waals surface area contributed by atoms with Gasteiger partial charge >= 0.3 is 0 Å². The first-order valence-corrected chi connectivity index (χ1v) is 37.1. The van der Waals surface area contributed by atoms with E-state index in [1.165, 1.54) is 111 Å². The molecule has 0 spiro atoms. The maximum Gasteiger partial charge on any atom is 0.155 e. The molecule has 4 radical (unpaired) electrons. The van der Waals surface area contributed by atoms with Crippen molar-refractivity contribution in [2.24, 2.45) is 0 Å². The smallest absolute Gasteiger partial charge is 0.155 e. The van der Waals surface area contributed by atoms with Gasteiger partial charge in [-0.25, -0.2) is 6.08 Å². The Morgan fingerprint density at radius 2 is 0.778 bits per heavy atom. The molecule has 6 heterocycles. The second kappa shape index (κ2) is 45.8. The fourth-order valence-corrected chi connectivity index (χ4v) is 13.3. The first-order chi connectivity index (χ1) is 54.9. The van der Waals surface area contributed by atoms with Crippen LogP contribution in [0, 0.1) is 36.4 Å². The molecule has 0 saturated carbocycles. The van der Waals surface area contributed by atoms with Crippen LogP contribution in [-0.2, 0) is 101 Å². The van der Waals surface area contributed by atoms with E-state index in [-0.39, 0.29) is 114 Å². The van der Waals surface area contributed by atoms with E-state index in [1.807, 2.05) is 208 Å². The van der Waals surface area contributed by atoms with Crippen LogP contribution in [0.2, 0.25) is 0 Å². The Kier molecular flexibility index (Phi) is 36.3. The third-order valence-electron chi connectivity index (χ3n) is 18.6. The molecule has 117 heavy (non-hydrogen) atoms. The number of aromatic nitrogens is 6. The van der Waals surface area contributed by atoms with E-state index < -0.39 is 0 Å². The van der Waals surface area contributed by atoms with Gasteiger partial charge in [-0.2, -0.15) is 0 Å². The van der Waals surface area contributed by atoms with Crippen LogP contribution in [0.25, 0.3) is 117 Å². The minimum absolute atomic E-state index is 0. The van der Waals surface area contributed by atoms with Crippen LogP contribution in [0.5, 0.6) is 0 Å². The summed E-state index contributed by atoms with van der Waals surface area (Å²) in [5.41, 5.74) is 22.9. The molecule has 0 amide bonds. The fraction of sp³-hybridized carbons (Fsp3) is 0.107. The van der Waals surface area contributed by atoms with Crippen LogP contribution >= 0.6 is 0 Å². The number of nitrogens with zero attached hydrogens (tertiary/aromatic N) is 6. The van der Waals surface area contributed by atoms with Crippen molar-refractivity contribution in [1.29, 1.82) is 0 Å². The van der Waals surface area contributed by atoms with Gasteiger partial charge in [0.25, 0.3) is 0 Å². The zero-order chi connectivity index (χ0) is 79.5. The van der Waals surface area contributed by atoms with Gasteiger partial charge in [0.1, 0.15) is 0 Å². The minimum Gasteiger partial charge on any atom is -0.512 e. The van der Waals surface area contributed by atoms with Crippen molar-refractivity contribution in [3.05, 3.63) is 416 Å². The Morgan fingerprint density at radius 1 is 0.359 bits per heavy atom. The van der Waals surface area contributed by atoms with E-state index in [0.29, 0.717) is 0 Å². The third kappa shape index (κ3) is 25.3. The number of carbonyl (C=O) groups is 2. The van der Waals surface area contributed by atoms with E-state index in [2.05, 4.69) is 215 Å². The molecule has 2 aliphatic carbocycles. The van der Waals surface area contributed by atoms with Crippen LogP contribution in [-0.4, -0.2) is 51.7 Å². The summed E-state index contributed by atoms with van der Waals surface area (Å²) in [5, 5.41) is 22.7. The molecule has 18 rings (SSSR count). The molecular formula is C103H86Ir4N6O4-6. The van der Waals surface area contributed by atoms with Gasteiger partial charge < -0.3 is 40.1 Å². The maximum atomic E-state index is 10.0. The van der Waals surface area contributed by atoms with Gasteiger partial charge in [-0.1, -0.05) is 219 Å². The largest absolute Gasteiger partial charge is 0.512 e. The van der Waals surface area contributed by atoms with E-state index >= 15 is 0 Å². The van der Waals surface area contributed by atoms with Crippen LogP contribution < -0.4 is 0 Å². The Bertz CT molecular complexity index is 5760. The number of para-hydroxylation sites is 1. The fourth-order valence-electron chi connectivity index (χ4n) is 13.3. The average Bonchev–Trinajstić information content (AvgIpc) is 1.59. The van der Waals surface area contributed by atoms with Crippen LogP contribution in [0.1, 0.15) is 90.3 Å². The van der Waals surface area contributed by atoms with Crippen molar-refractivity contribution in [3.8, 4) is 78.5 Å². The molecule has 14 heteroatoms. The second-order valence-electron chi connectivity index (χ2n) is 27.6. The van der Waals surface area contributed by atoms with E-state index in [9.17, 15) is 9.59 Å². The Hall–Kier alpha value is -11.4. The molecular weight excluding hydrogens is 2150 g/mol. The van der Waals surface area contributed by atoms with E-state index in [0.717, 1.165) is 67.5 Å². The molecule has 16 aromatic rings. The number of fused-ring (bicyclic) bond motifs is 9. The topological polar surface area (TPSA) is 152 Å². The van der Waals surface area contributed by atoms with E-state index in [1.54, 1.807) is 12.4 Å². The van der Waals surface area contributed by atoms with E-state index in [4.69, 9.17) is 10.2 Å².